The highest BCUT2D eigenvalue weighted by Gasteiger charge is 2.27. The van der Waals surface area contributed by atoms with Crippen molar-refractivity contribution in [1.82, 2.24) is 25.3 Å². The summed E-state index contributed by atoms with van der Waals surface area (Å²) < 4.78 is 2.70. The number of anilines is 1. The Labute approximate surface area is 143 Å². The number of aryl methyl sites for hydroxylation is 2. The quantitative estimate of drug-likeness (QED) is 0.591. The smallest absolute Gasteiger partial charge is 0.320 e. The summed E-state index contributed by atoms with van der Waals surface area (Å²) in [5.74, 6) is 2.23. The summed E-state index contributed by atoms with van der Waals surface area (Å²) in [7, 11) is 1.85. The number of hydrogen-bond donors (Lipinski definition) is 2. The van der Waals surface area contributed by atoms with E-state index in [-0.39, 0.29) is 6.03 Å². The molecule has 0 radical (unpaired) electrons. The highest BCUT2D eigenvalue weighted by atomic mass is 32.2. The number of nitrogens with zero attached hydrogens (tertiary/aromatic N) is 4. The molecular formula is C14H20N6OS2. The third-order valence-electron chi connectivity index (χ3n) is 3.48. The van der Waals surface area contributed by atoms with Crippen molar-refractivity contribution in [2.45, 2.75) is 36.4 Å². The Balaban J connectivity index is 1.34. The summed E-state index contributed by atoms with van der Waals surface area (Å²) in [5.41, 5.74) is 1.08. The van der Waals surface area contributed by atoms with Gasteiger partial charge in [-0.15, -0.1) is 10.2 Å². The number of nitrogens with one attached hydrogen (secondary N) is 2. The molecule has 2 heterocycles. The number of amides is 2. The lowest BCUT2D eigenvalue weighted by atomic mass is 10.3. The molecule has 2 amide bonds. The fourth-order valence-corrected chi connectivity index (χ4v) is 3.94. The predicted octanol–water partition coefficient (Wildman–Crippen LogP) is 2.76. The molecule has 1 fully saturated rings. The van der Waals surface area contributed by atoms with Gasteiger partial charge in [0.25, 0.3) is 0 Å². The summed E-state index contributed by atoms with van der Waals surface area (Å²) in [5, 5.41) is 19.2. The predicted molar refractivity (Wildman–Crippen MR) is 92.2 cm³/mol. The van der Waals surface area contributed by atoms with E-state index in [0.717, 1.165) is 33.0 Å². The fraction of sp³-hybridized carbons (Fsp3) is 0.571. The summed E-state index contributed by atoms with van der Waals surface area (Å²) in [6.07, 6.45) is 3.29. The maximum absolute atomic E-state index is 11.9. The monoisotopic (exact) mass is 352 g/mol. The summed E-state index contributed by atoms with van der Waals surface area (Å²) in [6.45, 7) is 2.57. The third-order valence-corrected chi connectivity index (χ3v) is 5.53. The molecule has 0 unspecified atom stereocenters. The number of carbonyl (C=O) groups excluding carboxylic acids is 1. The van der Waals surface area contributed by atoms with Crippen LogP contribution in [0.5, 0.6) is 0 Å². The van der Waals surface area contributed by atoms with E-state index in [2.05, 4.69) is 25.9 Å². The first-order valence-corrected chi connectivity index (χ1v) is 9.43. The van der Waals surface area contributed by atoms with Crippen LogP contribution in [0.3, 0.4) is 0 Å². The molecule has 0 spiro atoms. The van der Waals surface area contributed by atoms with Gasteiger partial charge in [-0.05, 0) is 26.2 Å². The lowest BCUT2D eigenvalue weighted by Crippen LogP contribution is -2.30. The molecule has 124 valence electrons. The number of urea groups is 1. The Hall–Kier alpha value is -1.61. The molecule has 1 saturated carbocycles. The van der Waals surface area contributed by atoms with Gasteiger partial charge in [0.2, 0.25) is 0 Å². The zero-order valence-electron chi connectivity index (χ0n) is 13.2. The molecule has 3 rings (SSSR count). The van der Waals surface area contributed by atoms with Crippen molar-refractivity contribution in [3.63, 3.8) is 0 Å². The molecule has 0 saturated heterocycles. The van der Waals surface area contributed by atoms with E-state index < -0.39 is 0 Å². The SMILES string of the molecule is Cc1nnc(SCCCNC(=O)Nc2cc(C3CC3)nn2C)s1. The van der Waals surface area contributed by atoms with Gasteiger partial charge >= 0.3 is 6.03 Å². The first-order chi connectivity index (χ1) is 11.1. The lowest BCUT2D eigenvalue weighted by molar-refractivity contribution is 0.252. The standard InChI is InChI=1S/C14H20N6OS2/c1-9-17-18-14(23-9)22-7-3-6-15-13(21)16-12-8-11(10-4-5-10)19-20(12)2/h8,10H,3-7H2,1-2H3,(H2,15,16,21). The van der Waals surface area contributed by atoms with Gasteiger partial charge in [0, 0.05) is 31.3 Å². The zero-order valence-corrected chi connectivity index (χ0v) is 14.8. The van der Waals surface area contributed by atoms with Gasteiger partial charge in [-0.25, -0.2) is 4.79 Å². The van der Waals surface area contributed by atoms with Gasteiger partial charge in [0.1, 0.15) is 10.8 Å². The van der Waals surface area contributed by atoms with E-state index in [1.807, 2.05) is 20.0 Å². The maximum atomic E-state index is 11.9. The Morgan fingerprint density at radius 2 is 2.30 bits per heavy atom. The van der Waals surface area contributed by atoms with Crippen LogP contribution in [0, 0.1) is 6.92 Å². The Morgan fingerprint density at radius 3 is 3.00 bits per heavy atom. The van der Waals surface area contributed by atoms with Gasteiger partial charge in [-0.3, -0.25) is 10.00 Å². The van der Waals surface area contributed by atoms with Gasteiger partial charge in [0.15, 0.2) is 4.34 Å². The largest absolute Gasteiger partial charge is 0.338 e. The van der Waals surface area contributed by atoms with Crippen LogP contribution < -0.4 is 10.6 Å². The number of thioether (sulfide) groups is 1. The second kappa shape index (κ2) is 7.31. The van der Waals surface area contributed by atoms with Crippen LogP contribution in [0.15, 0.2) is 10.4 Å². The molecule has 0 aromatic carbocycles. The maximum Gasteiger partial charge on any atom is 0.320 e. The van der Waals surface area contributed by atoms with Crippen LogP contribution in [0.2, 0.25) is 0 Å². The van der Waals surface area contributed by atoms with Gasteiger partial charge in [-0.2, -0.15) is 5.10 Å². The molecule has 0 atom stereocenters. The Kier molecular flexibility index (Phi) is 5.16. The first-order valence-electron chi connectivity index (χ1n) is 7.63. The van der Waals surface area contributed by atoms with E-state index in [0.29, 0.717) is 12.5 Å². The normalized spacial score (nSPS) is 14.0. The Morgan fingerprint density at radius 1 is 1.48 bits per heavy atom. The first kappa shape index (κ1) is 16.3. The van der Waals surface area contributed by atoms with Crippen LogP contribution in [-0.4, -0.2) is 38.3 Å². The number of rotatable bonds is 7. The molecule has 0 aliphatic heterocycles. The molecule has 1 aliphatic rings. The molecule has 23 heavy (non-hydrogen) atoms. The minimum Gasteiger partial charge on any atom is -0.338 e. The second-order valence-corrected chi connectivity index (χ2v) is 8.05. The number of carbonyl (C=O) groups is 1. The van der Waals surface area contributed by atoms with E-state index in [4.69, 9.17) is 0 Å². The van der Waals surface area contributed by atoms with Crippen LogP contribution in [0.25, 0.3) is 0 Å². The lowest BCUT2D eigenvalue weighted by Gasteiger charge is -2.07. The van der Waals surface area contributed by atoms with Crippen LogP contribution in [0.4, 0.5) is 10.6 Å². The third kappa shape index (κ3) is 4.68. The van der Waals surface area contributed by atoms with Gasteiger partial charge < -0.3 is 5.32 Å². The van der Waals surface area contributed by atoms with Crippen molar-refractivity contribution in [3.8, 4) is 0 Å². The second-order valence-electron chi connectivity index (χ2n) is 5.52. The summed E-state index contributed by atoms with van der Waals surface area (Å²) in [6, 6.07) is 1.78. The van der Waals surface area contributed by atoms with Gasteiger partial charge in [0.05, 0.1) is 5.69 Å². The van der Waals surface area contributed by atoms with E-state index in [1.165, 1.54) is 12.8 Å². The summed E-state index contributed by atoms with van der Waals surface area (Å²) >= 11 is 3.27. The van der Waals surface area contributed by atoms with E-state index in [9.17, 15) is 4.79 Å². The topological polar surface area (TPSA) is 84.7 Å². The van der Waals surface area contributed by atoms with Crippen molar-refractivity contribution in [1.29, 1.82) is 0 Å². The average molecular weight is 352 g/mol. The van der Waals surface area contributed by atoms with Crippen molar-refractivity contribution >= 4 is 34.9 Å². The minimum absolute atomic E-state index is 0.188. The molecule has 2 N–H and O–H groups in total. The molecule has 0 bridgehead atoms. The molecule has 2 aromatic heterocycles. The zero-order chi connectivity index (χ0) is 16.2. The Bertz CT molecular complexity index is 679. The average Bonchev–Trinajstić information content (AvgIpc) is 3.19. The molecule has 1 aliphatic carbocycles. The van der Waals surface area contributed by atoms with E-state index in [1.54, 1.807) is 27.8 Å². The molecule has 7 nitrogen and oxygen atoms in total. The van der Waals surface area contributed by atoms with Crippen molar-refractivity contribution in [2.24, 2.45) is 7.05 Å². The van der Waals surface area contributed by atoms with Crippen molar-refractivity contribution in [3.05, 3.63) is 16.8 Å². The van der Waals surface area contributed by atoms with Crippen molar-refractivity contribution in [2.75, 3.05) is 17.6 Å². The molecule has 2 aromatic rings. The number of hydrogen-bond acceptors (Lipinski definition) is 6. The number of aromatic nitrogens is 4. The highest BCUT2D eigenvalue weighted by molar-refractivity contribution is 8.01. The van der Waals surface area contributed by atoms with Crippen molar-refractivity contribution < 1.29 is 4.79 Å². The fourth-order valence-electron chi connectivity index (χ4n) is 2.12. The highest BCUT2D eigenvalue weighted by Crippen LogP contribution is 2.39. The molecule has 9 heteroatoms. The van der Waals surface area contributed by atoms with Crippen LogP contribution >= 0.6 is 23.1 Å². The minimum atomic E-state index is -0.188. The van der Waals surface area contributed by atoms with Gasteiger partial charge in [-0.1, -0.05) is 23.1 Å². The summed E-state index contributed by atoms with van der Waals surface area (Å²) in [4.78, 5) is 11.9. The van der Waals surface area contributed by atoms with E-state index >= 15 is 0 Å². The van der Waals surface area contributed by atoms with Crippen LogP contribution in [0.1, 0.15) is 35.9 Å². The van der Waals surface area contributed by atoms with Crippen LogP contribution in [-0.2, 0) is 7.05 Å². The molecular weight excluding hydrogens is 332 g/mol.